The maximum Gasteiger partial charge on any atom is 0.306 e. The Kier molecular flexibility index (Phi) is 7.26. The standard InChI is InChI=1S/C30H36O6/c1-6-8-27(32)35-18-26(31)30(36-28(33)9-7-2)19(3)16-25-24-12-10-20-17-21(34-5)11-13-22(20)23(24)14-15-29(25,30)4/h10-13,16-17,19H,6-9,14-15,18H2,1-5H3/t19-,29+,30-/m1/s1. The minimum Gasteiger partial charge on any atom is -0.497 e. The third-order valence-corrected chi connectivity index (χ3v) is 7.94. The number of esters is 2. The first-order valence-corrected chi connectivity index (χ1v) is 12.9. The lowest BCUT2D eigenvalue weighted by Crippen LogP contribution is -2.59. The number of hydrogen-bond donors (Lipinski definition) is 0. The molecule has 2 aliphatic carbocycles. The van der Waals surface area contributed by atoms with Crippen LogP contribution in [-0.2, 0) is 30.3 Å². The Balaban J connectivity index is 1.78. The molecule has 6 heteroatoms. The van der Waals surface area contributed by atoms with E-state index >= 15 is 0 Å². The maximum absolute atomic E-state index is 13.9. The zero-order chi connectivity index (χ0) is 26.1. The van der Waals surface area contributed by atoms with Gasteiger partial charge in [0.25, 0.3) is 0 Å². The van der Waals surface area contributed by atoms with E-state index in [4.69, 9.17) is 14.2 Å². The number of carbonyl (C=O) groups excluding carboxylic acids is 3. The zero-order valence-corrected chi connectivity index (χ0v) is 21.9. The summed E-state index contributed by atoms with van der Waals surface area (Å²) in [5.74, 6) is -0.729. The SMILES string of the molecule is CCCC(=O)OCC(=O)[C@]1(OC(=O)CCC)[C@H](C)C=C2c3ccc4cc(OC)ccc4c3CC[C@@]21C. The first-order valence-electron chi connectivity index (χ1n) is 12.9. The summed E-state index contributed by atoms with van der Waals surface area (Å²) in [5.41, 5.74) is 1.16. The molecule has 0 radical (unpaired) electrons. The summed E-state index contributed by atoms with van der Waals surface area (Å²) < 4.78 is 16.9. The van der Waals surface area contributed by atoms with Gasteiger partial charge in [0.1, 0.15) is 5.75 Å². The molecule has 0 bridgehead atoms. The molecule has 0 aromatic heterocycles. The van der Waals surface area contributed by atoms with E-state index in [1.54, 1.807) is 7.11 Å². The molecule has 6 nitrogen and oxygen atoms in total. The van der Waals surface area contributed by atoms with Crippen molar-refractivity contribution in [1.82, 2.24) is 0 Å². The summed E-state index contributed by atoms with van der Waals surface area (Å²) in [6.07, 6.45) is 5.19. The molecule has 0 spiro atoms. The van der Waals surface area contributed by atoms with Crippen LogP contribution in [0.2, 0.25) is 0 Å². The summed E-state index contributed by atoms with van der Waals surface area (Å²) in [6.45, 7) is 7.33. The quantitative estimate of drug-likeness (QED) is 0.410. The molecule has 4 rings (SSSR count). The molecule has 2 aromatic rings. The number of Topliss-reactive ketones (excluding diaryl/α,β-unsaturated/α-hetero) is 1. The van der Waals surface area contributed by atoms with Crippen LogP contribution in [0.25, 0.3) is 16.3 Å². The van der Waals surface area contributed by atoms with Crippen LogP contribution in [-0.4, -0.2) is 37.0 Å². The van der Waals surface area contributed by atoms with Gasteiger partial charge >= 0.3 is 11.9 Å². The molecule has 0 heterocycles. The van der Waals surface area contributed by atoms with Crippen molar-refractivity contribution in [3.63, 3.8) is 0 Å². The van der Waals surface area contributed by atoms with Crippen molar-refractivity contribution in [2.75, 3.05) is 13.7 Å². The lowest BCUT2D eigenvalue weighted by atomic mass is 9.60. The lowest BCUT2D eigenvalue weighted by molar-refractivity contribution is -0.186. The molecule has 36 heavy (non-hydrogen) atoms. The Bertz CT molecular complexity index is 1230. The minimum atomic E-state index is -1.42. The lowest BCUT2D eigenvalue weighted by Gasteiger charge is -2.48. The van der Waals surface area contributed by atoms with Crippen molar-refractivity contribution in [1.29, 1.82) is 0 Å². The molecule has 0 saturated carbocycles. The number of aryl methyl sites for hydroxylation is 1. The van der Waals surface area contributed by atoms with E-state index < -0.39 is 29.6 Å². The highest BCUT2D eigenvalue weighted by molar-refractivity contribution is 6.01. The maximum atomic E-state index is 13.9. The summed E-state index contributed by atoms with van der Waals surface area (Å²) >= 11 is 0. The summed E-state index contributed by atoms with van der Waals surface area (Å²) in [4.78, 5) is 38.8. The number of benzene rings is 2. The van der Waals surface area contributed by atoms with Gasteiger partial charge in [-0.1, -0.05) is 52.0 Å². The van der Waals surface area contributed by atoms with Crippen LogP contribution in [0.4, 0.5) is 0 Å². The predicted molar refractivity (Wildman–Crippen MR) is 139 cm³/mol. The normalized spacial score (nSPS) is 24.5. The molecule has 2 aromatic carbocycles. The van der Waals surface area contributed by atoms with Gasteiger partial charge in [-0.05, 0) is 65.3 Å². The molecule has 0 saturated heterocycles. The Hall–Kier alpha value is -3.15. The smallest absolute Gasteiger partial charge is 0.306 e. The highest BCUT2D eigenvalue weighted by Crippen LogP contribution is 2.61. The second-order valence-electron chi connectivity index (χ2n) is 10.2. The van der Waals surface area contributed by atoms with Crippen molar-refractivity contribution in [2.45, 2.75) is 71.8 Å². The fourth-order valence-corrected chi connectivity index (χ4v) is 6.15. The summed E-state index contributed by atoms with van der Waals surface area (Å²) in [5, 5.41) is 2.26. The Morgan fingerprint density at radius 2 is 1.75 bits per heavy atom. The first-order chi connectivity index (χ1) is 17.2. The largest absolute Gasteiger partial charge is 0.497 e. The Morgan fingerprint density at radius 1 is 1.03 bits per heavy atom. The first kappa shape index (κ1) is 25.9. The van der Waals surface area contributed by atoms with Gasteiger partial charge in [0, 0.05) is 24.2 Å². The summed E-state index contributed by atoms with van der Waals surface area (Å²) in [7, 11) is 1.66. The van der Waals surface area contributed by atoms with Crippen LogP contribution < -0.4 is 4.74 Å². The number of ketones is 1. The predicted octanol–water partition coefficient (Wildman–Crippen LogP) is 5.83. The van der Waals surface area contributed by atoms with Crippen molar-refractivity contribution in [3.8, 4) is 5.75 Å². The molecule has 0 fully saturated rings. The van der Waals surface area contributed by atoms with E-state index in [-0.39, 0.29) is 24.5 Å². The molecule has 2 aliphatic rings. The second-order valence-corrected chi connectivity index (χ2v) is 10.2. The van der Waals surface area contributed by atoms with Gasteiger partial charge in [-0.15, -0.1) is 0 Å². The van der Waals surface area contributed by atoms with Gasteiger partial charge in [0.15, 0.2) is 12.2 Å². The average Bonchev–Trinajstić information content (AvgIpc) is 3.09. The fourth-order valence-electron chi connectivity index (χ4n) is 6.15. The number of ether oxygens (including phenoxy) is 3. The van der Waals surface area contributed by atoms with Gasteiger partial charge in [0.05, 0.1) is 7.11 Å². The molecule has 0 N–H and O–H groups in total. The van der Waals surface area contributed by atoms with Crippen LogP contribution in [0.1, 0.15) is 70.9 Å². The van der Waals surface area contributed by atoms with Gasteiger partial charge in [-0.2, -0.15) is 0 Å². The van der Waals surface area contributed by atoms with Crippen LogP contribution in [0.3, 0.4) is 0 Å². The number of rotatable bonds is 9. The molecule has 0 amide bonds. The van der Waals surface area contributed by atoms with Gasteiger partial charge in [-0.3, -0.25) is 14.4 Å². The molecule has 0 unspecified atom stereocenters. The highest BCUT2D eigenvalue weighted by Gasteiger charge is 2.65. The van der Waals surface area contributed by atoms with Crippen molar-refractivity contribution in [2.24, 2.45) is 11.3 Å². The van der Waals surface area contributed by atoms with E-state index in [1.165, 1.54) is 5.56 Å². The molecule has 192 valence electrons. The summed E-state index contributed by atoms with van der Waals surface area (Å²) in [6, 6.07) is 10.3. The van der Waals surface area contributed by atoms with Crippen molar-refractivity contribution >= 4 is 34.1 Å². The monoisotopic (exact) mass is 492 g/mol. The second kappa shape index (κ2) is 10.1. The van der Waals surface area contributed by atoms with E-state index in [9.17, 15) is 14.4 Å². The zero-order valence-electron chi connectivity index (χ0n) is 21.9. The Morgan fingerprint density at radius 3 is 2.44 bits per heavy atom. The van der Waals surface area contributed by atoms with E-state index in [0.717, 1.165) is 34.1 Å². The van der Waals surface area contributed by atoms with Gasteiger partial charge < -0.3 is 14.2 Å². The molecule has 0 aliphatic heterocycles. The average molecular weight is 493 g/mol. The van der Waals surface area contributed by atoms with Crippen molar-refractivity contribution < 1.29 is 28.6 Å². The van der Waals surface area contributed by atoms with E-state index in [2.05, 4.69) is 24.3 Å². The number of hydrogen-bond acceptors (Lipinski definition) is 6. The van der Waals surface area contributed by atoms with Crippen LogP contribution in [0.15, 0.2) is 36.4 Å². The van der Waals surface area contributed by atoms with Crippen molar-refractivity contribution in [3.05, 3.63) is 47.5 Å². The Labute approximate surface area is 213 Å². The van der Waals surface area contributed by atoms with Gasteiger partial charge in [-0.25, -0.2) is 0 Å². The topological polar surface area (TPSA) is 78.9 Å². The minimum absolute atomic E-state index is 0.228. The van der Waals surface area contributed by atoms with Crippen LogP contribution >= 0.6 is 0 Å². The van der Waals surface area contributed by atoms with Gasteiger partial charge in [0.2, 0.25) is 5.78 Å². The highest BCUT2D eigenvalue weighted by atomic mass is 16.6. The van der Waals surface area contributed by atoms with E-state index in [1.807, 2.05) is 39.8 Å². The molecule has 3 atom stereocenters. The molecular weight excluding hydrogens is 456 g/mol. The fraction of sp³-hybridized carbons (Fsp3) is 0.500. The third kappa shape index (κ3) is 4.10. The van der Waals surface area contributed by atoms with E-state index in [0.29, 0.717) is 19.3 Å². The number of methoxy groups -OCH3 is 1. The number of carbonyl (C=O) groups is 3. The number of fused-ring (bicyclic) bond motifs is 5. The molecular formula is C30H36O6. The third-order valence-electron chi connectivity index (χ3n) is 7.94. The van der Waals surface area contributed by atoms with Crippen LogP contribution in [0.5, 0.6) is 5.75 Å². The van der Waals surface area contributed by atoms with Crippen LogP contribution in [0, 0.1) is 11.3 Å².